The molecule has 0 aliphatic heterocycles. The minimum atomic E-state index is -0.453. The molecule has 0 spiro atoms. The number of hydrogen-bond acceptors (Lipinski definition) is 5. The van der Waals surface area contributed by atoms with Crippen LogP contribution in [0.4, 0.5) is 0 Å². The fraction of sp³-hybridized carbons (Fsp3) is 0.0952. The molecule has 2 heterocycles. The molecule has 0 unspecified atom stereocenters. The van der Waals surface area contributed by atoms with E-state index < -0.39 is 5.91 Å². The Kier molecular flexibility index (Phi) is 5.02. The number of amides is 1. The first kappa shape index (κ1) is 18.5. The molecule has 1 amide bonds. The van der Waals surface area contributed by atoms with Crippen LogP contribution < -0.4 is 11.3 Å². The van der Waals surface area contributed by atoms with Crippen molar-refractivity contribution >= 4 is 39.2 Å². The van der Waals surface area contributed by atoms with Crippen molar-refractivity contribution in [1.82, 2.24) is 9.55 Å². The van der Waals surface area contributed by atoms with Gasteiger partial charge in [-0.05, 0) is 24.6 Å². The smallest absolute Gasteiger partial charge is 0.268 e. The quantitative estimate of drug-likeness (QED) is 0.401. The Balaban J connectivity index is 2.04. The highest BCUT2D eigenvalue weighted by Gasteiger charge is 2.21. The molecule has 140 valence electrons. The largest absolute Gasteiger partial charge is 0.369 e. The van der Waals surface area contributed by atoms with Crippen LogP contribution in [0.1, 0.15) is 4.88 Å². The number of fused-ring (bicyclic) bond motifs is 1. The fourth-order valence-electron chi connectivity index (χ4n) is 3.13. The molecule has 5 nitrogen and oxygen atoms in total. The van der Waals surface area contributed by atoms with E-state index in [9.17, 15) is 9.59 Å². The van der Waals surface area contributed by atoms with Crippen LogP contribution in [-0.2, 0) is 4.79 Å². The lowest BCUT2D eigenvalue weighted by Crippen LogP contribution is -2.22. The van der Waals surface area contributed by atoms with E-state index in [1.807, 2.05) is 67.6 Å². The summed E-state index contributed by atoms with van der Waals surface area (Å²) in [7, 11) is 0. The summed E-state index contributed by atoms with van der Waals surface area (Å²) in [5, 5.41) is 1.06. The van der Waals surface area contributed by atoms with E-state index in [4.69, 9.17) is 10.7 Å². The van der Waals surface area contributed by atoms with Gasteiger partial charge in [-0.3, -0.25) is 14.2 Å². The number of thioether (sulfide) groups is 1. The molecule has 4 rings (SSSR count). The van der Waals surface area contributed by atoms with Crippen LogP contribution in [0.3, 0.4) is 0 Å². The number of hydrogen-bond donors (Lipinski definition) is 1. The lowest BCUT2D eigenvalue weighted by Gasteiger charge is -2.12. The van der Waals surface area contributed by atoms with Gasteiger partial charge >= 0.3 is 0 Å². The zero-order valence-electron chi connectivity index (χ0n) is 15.1. The highest BCUT2D eigenvalue weighted by molar-refractivity contribution is 7.99. The Morgan fingerprint density at radius 3 is 2.39 bits per heavy atom. The van der Waals surface area contributed by atoms with E-state index >= 15 is 0 Å². The molecule has 0 bridgehead atoms. The molecule has 2 N–H and O–H groups in total. The van der Waals surface area contributed by atoms with Gasteiger partial charge in [0.05, 0.1) is 16.8 Å². The van der Waals surface area contributed by atoms with Gasteiger partial charge in [-0.25, -0.2) is 4.98 Å². The Labute approximate surface area is 169 Å². The maximum Gasteiger partial charge on any atom is 0.268 e. The van der Waals surface area contributed by atoms with Crippen molar-refractivity contribution in [2.45, 2.75) is 12.1 Å². The molecule has 2 aromatic heterocycles. The van der Waals surface area contributed by atoms with E-state index in [0.717, 1.165) is 16.0 Å². The van der Waals surface area contributed by atoms with Crippen molar-refractivity contribution in [2.24, 2.45) is 5.73 Å². The number of nitrogens with zero attached hydrogens (tertiary/aromatic N) is 2. The first-order valence-corrected chi connectivity index (χ1v) is 10.4. The number of nitrogens with two attached hydrogens (primary N) is 1. The summed E-state index contributed by atoms with van der Waals surface area (Å²) >= 11 is 2.66. The Hall–Kier alpha value is -2.90. The molecule has 2 aromatic carbocycles. The molecule has 0 aliphatic carbocycles. The van der Waals surface area contributed by atoms with Gasteiger partial charge < -0.3 is 5.73 Å². The second kappa shape index (κ2) is 7.61. The van der Waals surface area contributed by atoms with Crippen molar-refractivity contribution in [1.29, 1.82) is 0 Å². The Morgan fingerprint density at radius 2 is 1.75 bits per heavy atom. The number of thiophene rings is 1. The van der Waals surface area contributed by atoms with Crippen molar-refractivity contribution in [3.05, 3.63) is 75.9 Å². The van der Waals surface area contributed by atoms with Crippen LogP contribution in [0.25, 0.3) is 27.0 Å². The average molecular weight is 408 g/mol. The molecule has 0 saturated carbocycles. The standard InChI is InChI=1S/C21H17N3O2S2/c1-13-17(14-8-4-2-5-9-14)18-19(28-13)23-21(27-12-16(22)25)24(20(18)26)15-10-6-3-7-11-15/h2-11H,12H2,1H3,(H2,22,25). The highest BCUT2D eigenvalue weighted by Crippen LogP contribution is 2.36. The normalized spacial score (nSPS) is 11.0. The number of aromatic nitrogens is 2. The van der Waals surface area contributed by atoms with Crippen LogP contribution in [0.15, 0.2) is 70.6 Å². The first-order valence-electron chi connectivity index (χ1n) is 8.64. The molecule has 0 saturated heterocycles. The minimum absolute atomic E-state index is 0.0562. The molecule has 0 fully saturated rings. The molecular formula is C21H17N3O2S2. The minimum Gasteiger partial charge on any atom is -0.369 e. The predicted molar refractivity (Wildman–Crippen MR) is 115 cm³/mol. The third-order valence-electron chi connectivity index (χ3n) is 4.29. The topological polar surface area (TPSA) is 78.0 Å². The molecule has 4 aromatic rings. The lowest BCUT2D eigenvalue weighted by molar-refractivity contribution is -0.115. The van der Waals surface area contributed by atoms with Crippen LogP contribution in [0, 0.1) is 6.92 Å². The second-order valence-corrected chi connectivity index (χ2v) is 8.35. The maximum atomic E-state index is 13.6. The van der Waals surface area contributed by atoms with Crippen LogP contribution in [0.5, 0.6) is 0 Å². The van der Waals surface area contributed by atoms with Crippen molar-refractivity contribution in [2.75, 3.05) is 5.75 Å². The van der Waals surface area contributed by atoms with Gasteiger partial charge in [0.2, 0.25) is 5.91 Å². The molecular weight excluding hydrogens is 390 g/mol. The number of aryl methyl sites for hydroxylation is 1. The van der Waals surface area contributed by atoms with E-state index in [0.29, 0.717) is 21.1 Å². The van der Waals surface area contributed by atoms with Gasteiger partial charge in [-0.1, -0.05) is 60.3 Å². The predicted octanol–water partition coefficient (Wildman–Crippen LogP) is 4.00. The Bertz CT molecular complexity index is 1220. The monoisotopic (exact) mass is 407 g/mol. The summed E-state index contributed by atoms with van der Waals surface area (Å²) in [6, 6.07) is 19.2. The SMILES string of the molecule is Cc1sc2nc(SCC(N)=O)n(-c3ccccc3)c(=O)c2c1-c1ccccc1. The van der Waals surface area contributed by atoms with Gasteiger partial charge in [0.25, 0.3) is 5.56 Å². The van der Waals surface area contributed by atoms with Crippen LogP contribution in [-0.4, -0.2) is 21.2 Å². The lowest BCUT2D eigenvalue weighted by atomic mass is 10.0. The third kappa shape index (κ3) is 3.34. The van der Waals surface area contributed by atoms with Crippen molar-refractivity contribution < 1.29 is 4.79 Å². The number of benzene rings is 2. The van der Waals surface area contributed by atoms with Crippen LogP contribution in [0.2, 0.25) is 0 Å². The molecule has 28 heavy (non-hydrogen) atoms. The number of carbonyl (C=O) groups excluding carboxylic acids is 1. The van der Waals surface area contributed by atoms with E-state index in [-0.39, 0.29) is 11.3 Å². The zero-order valence-corrected chi connectivity index (χ0v) is 16.7. The number of primary amides is 1. The molecule has 0 atom stereocenters. The maximum absolute atomic E-state index is 13.6. The third-order valence-corrected chi connectivity index (χ3v) is 6.25. The summed E-state index contributed by atoms with van der Waals surface area (Å²) < 4.78 is 1.56. The van der Waals surface area contributed by atoms with Gasteiger partial charge in [-0.15, -0.1) is 11.3 Å². The summed E-state index contributed by atoms with van der Waals surface area (Å²) in [5.41, 5.74) is 7.77. The number of para-hydroxylation sites is 1. The molecule has 7 heteroatoms. The molecule has 0 radical (unpaired) electrons. The van der Waals surface area contributed by atoms with Crippen molar-refractivity contribution in [3.63, 3.8) is 0 Å². The fourth-order valence-corrected chi connectivity index (χ4v) is 4.97. The van der Waals surface area contributed by atoms with E-state index in [1.165, 1.54) is 23.1 Å². The number of carbonyl (C=O) groups is 1. The highest BCUT2D eigenvalue weighted by atomic mass is 32.2. The summed E-state index contributed by atoms with van der Waals surface area (Å²) in [5.74, 6) is -0.396. The summed E-state index contributed by atoms with van der Waals surface area (Å²) in [6.45, 7) is 2.00. The first-order chi connectivity index (χ1) is 13.6. The van der Waals surface area contributed by atoms with Gasteiger partial charge in [0.15, 0.2) is 5.16 Å². The molecule has 0 aliphatic rings. The van der Waals surface area contributed by atoms with Crippen LogP contribution >= 0.6 is 23.1 Å². The Morgan fingerprint density at radius 1 is 1.11 bits per heavy atom. The van der Waals surface area contributed by atoms with Crippen molar-refractivity contribution in [3.8, 4) is 16.8 Å². The van der Waals surface area contributed by atoms with Gasteiger partial charge in [0, 0.05) is 10.4 Å². The van der Waals surface area contributed by atoms with E-state index in [2.05, 4.69) is 0 Å². The zero-order chi connectivity index (χ0) is 19.7. The van der Waals surface area contributed by atoms with E-state index in [1.54, 1.807) is 4.57 Å². The number of rotatable bonds is 5. The average Bonchev–Trinajstić information content (AvgIpc) is 3.04. The second-order valence-electron chi connectivity index (χ2n) is 6.20. The van der Waals surface area contributed by atoms with Gasteiger partial charge in [-0.2, -0.15) is 0 Å². The summed E-state index contributed by atoms with van der Waals surface area (Å²) in [6.07, 6.45) is 0. The van der Waals surface area contributed by atoms with Gasteiger partial charge in [0.1, 0.15) is 4.83 Å². The summed E-state index contributed by atoms with van der Waals surface area (Å²) in [4.78, 5) is 31.3.